The molecule has 0 spiro atoms. The van der Waals surface area contributed by atoms with Crippen molar-refractivity contribution >= 4 is 17.6 Å². The Bertz CT molecular complexity index is 583. The molecule has 0 heterocycles. The summed E-state index contributed by atoms with van der Waals surface area (Å²) < 4.78 is 0. The smallest absolute Gasteiger partial charge is 0.323 e. The highest BCUT2D eigenvalue weighted by atomic mass is 16.6. The van der Waals surface area contributed by atoms with Gasteiger partial charge in [0.25, 0.3) is 11.6 Å². The Morgan fingerprint density at radius 3 is 2.38 bits per heavy atom. The molecule has 21 heavy (non-hydrogen) atoms. The summed E-state index contributed by atoms with van der Waals surface area (Å²) in [5.41, 5.74) is 1.08. The van der Waals surface area contributed by atoms with E-state index in [1.165, 1.54) is 11.0 Å². The molecule has 0 aromatic heterocycles. The fourth-order valence-corrected chi connectivity index (χ4v) is 2.12. The first-order valence-electron chi connectivity index (χ1n) is 6.54. The van der Waals surface area contributed by atoms with Crippen LogP contribution in [-0.2, 0) is 4.79 Å². The summed E-state index contributed by atoms with van der Waals surface area (Å²) in [5, 5.41) is 19.8. The maximum Gasteiger partial charge on any atom is 0.323 e. The van der Waals surface area contributed by atoms with Crippen LogP contribution in [0.4, 0.5) is 5.69 Å². The van der Waals surface area contributed by atoms with E-state index in [0.29, 0.717) is 17.5 Å². The molecule has 0 atom stereocenters. The number of nitrogens with zero attached hydrogens (tertiary/aromatic N) is 2. The Balaban J connectivity index is 3.23. The van der Waals surface area contributed by atoms with E-state index in [9.17, 15) is 19.7 Å². The molecule has 0 aliphatic rings. The highest BCUT2D eigenvalue weighted by Crippen LogP contribution is 2.23. The number of nitro benzene ring substituents is 1. The van der Waals surface area contributed by atoms with Crippen molar-refractivity contribution in [3.05, 3.63) is 38.9 Å². The summed E-state index contributed by atoms with van der Waals surface area (Å²) in [6.45, 7) is 4.96. The van der Waals surface area contributed by atoms with Crippen LogP contribution in [0.5, 0.6) is 0 Å². The second-order valence-electron chi connectivity index (χ2n) is 4.83. The van der Waals surface area contributed by atoms with Gasteiger partial charge < -0.3 is 10.0 Å². The number of carbonyl (C=O) groups excluding carboxylic acids is 1. The van der Waals surface area contributed by atoms with Gasteiger partial charge in [-0.15, -0.1) is 0 Å². The minimum Gasteiger partial charge on any atom is -0.480 e. The lowest BCUT2D eigenvalue weighted by Crippen LogP contribution is -2.36. The molecule has 1 aromatic rings. The van der Waals surface area contributed by atoms with Crippen molar-refractivity contribution in [2.75, 3.05) is 13.1 Å². The second kappa shape index (κ2) is 6.83. The number of amides is 1. The normalized spacial score (nSPS) is 10.2. The molecule has 0 bridgehead atoms. The van der Waals surface area contributed by atoms with Gasteiger partial charge in [-0.3, -0.25) is 19.7 Å². The van der Waals surface area contributed by atoms with Gasteiger partial charge in [0.05, 0.1) is 4.92 Å². The van der Waals surface area contributed by atoms with Crippen LogP contribution >= 0.6 is 0 Å². The minimum absolute atomic E-state index is 0.143. The van der Waals surface area contributed by atoms with E-state index < -0.39 is 23.3 Å². The first-order chi connectivity index (χ1) is 9.77. The third-order valence-electron chi connectivity index (χ3n) is 3.08. The summed E-state index contributed by atoms with van der Waals surface area (Å²) in [6.07, 6.45) is 0.603. The first-order valence-corrected chi connectivity index (χ1v) is 6.54. The van der Waals surface area contributed by atoms with Gasteiger partial charge in [0, 0.05) is 23.7 Å². The third-order valence-corrected chi connectivity index (χ3v) is 3.08. The van der Waals surface area contributed by atoms with Gasteiger partial charge in [-0.05, 0) is 31.9 Å². The Labute approximate surface area is 122 Å². The fraction of sp³-hybridized carbons (Fsp3) is 0.429. The fourth-order valence-electron chi connectivity index (χ4n) is 2.12. The van der Waals surface area contributed by atoms with E-state index in [2.05, 4.69) is 0 Å². The number of hydrogen-bond donors (Lipinski definition) is 1. The predicted octanol–water partition coefficient (Wildman–Crippen LogP) is 2.15. The van der Waals surface area contributed by atoms with Gasteiger partial charge >= 0.3 is 5.97 Å². The number of nitro groups is 1. The SMILES string of the molecule is CCCN(CC(=O)O)C(=O)c1cc([N+](=O)[O-])c(C)cc1C. The van der Waals surface area contributed by atoms with E-state index in [4.69, 9.17) is 5.11 Å². The summed E-state index contributed by atoms with van der Waals surface area (Å²) in [6, 6.07) is 2.79. The van der Waals surface area contributed by atoms with Gasteiger partial charge in [-0.2, -0.15) is 0 Å². The van der Waals surface area contributed by atoms with Crippen LogP contribution in [-0.4, -0.2) is 39.9 Å². The Morgan fingerprint density at radius 2 is 1.90 bits per heavy atom. The van der Waals surface area contributed by atoms with Crippen LogP contribution < -0.4 is 0 Å². The van der Waals surface area contributed by atoms with Crippen LogP contribution in [0.15, 0.2) is 12.1 Å². The Hall–Kier alpha value is -2.44. The van der Waals surface area contributed by atoms with Crippen molar-refractivity contribution in [2.24, 2.45) is 0 Å². The van der Waals surface area contributed by atoms with Crippen molar-refractivity contribution in [3.63, 3.8) is 0 Å². The monoisotopic (exact) mass is 294 g/mol. The van der Waals surface area contributed by atoms with Gasteiger partial charge in [0.2, 0.25) is 0 Å². The summed E-state index contributed by atoms with van der Waals surface area (Å²) in [7, 11) is 0. The first kappa shape index (κ1) is 16.6. The number of carboxylic acid groups (broad SMARTS) is 1. The zero-order valence-electron chi connectivity index (χ0n) is 12.3. The number of hydrogen-bond acceptors (Lipinski definition) is 4. The lowest BCUT2D eigenvalue weighted by atomic mass is 10.0. The average Bonchev–Trinajstić information content (AvgIpc) is 2.36. The molecule has 1 amide bonds. The van der Waals surface area contributed by atoms with E-state index in [1.807, 2.05) is 6.92 Å². The van der Waals surface area contributed by atoms with Crippen molar-refractivity contribution in [1.29, 1.82) is 0 Å². The molecule has 0 unspecified atom stereocenters. The van der Waals surface area contributed by atoms with E-state index in [0.717, 1.165) is 0 Å². The third kappa shape index (κ3) is 4.01. The molecule has 1 aromatic carbocycles. The van der Waals surface area contributed by atoms with Crippen molar-refractivity contribution in [3.8, 4) is 0 Å². The highest BCUT2D eigenvalue weighted by Gasteiger charge is 2.23. The van der Waals surface area contributed by atoms with Crippen molar-refractivity contribution in [2.45, 2.75) is 27.2 Å². The molecule has 0 radical (unpaired) electrons. The largest absolute Gasteiger partial charge is 0.480 e. The zero-order valence-corrected chi connectivity index (χ0v) is 12.3. The maximum atomic E-state index is 12.4. The number of benzene rings is 1. The van der Waals surface area contributed by atoms with Gasteiger partial charge in [0.15, 0.2) is 0 Å². The van der Waals surface area contributed by atoms with Crippen LogP contribution in [0, 0.1) is 24.0 Å². The summed E-state index contributed by atoms with van der Waals surface area (Å²) in [5.74, 6) is -1.61. The lowest BCUT2D eigenvalue weighted by Gasteiger charge is -2.21. The number of aryl methyl sites for hydroxylation is 2. The molecule has 1 N–H and O–H groups in total. The van der Waals surface area contributed by atoms with E-state index >= 15 is 0 Å². The molecular weight excluding hydrogens is 276 g/mol. The van der Waals surface area contributed by atoms with Gasteiger partial charge in [-0.1, -0.05) is 6.92 Å². The van der Waals surface area contributed by atoms with Crippen LogP contribution in [0.3, 0.4) is 0 Å². The highest BCUT2D eigenvalue weighted by molar-refractivity contribution is 5.97. The van der Waals surface area contributed by atoms with E-state index in [-0.39, 0.29) is 17.8 Å². The lowest BCUT2D eigenvalue weighted by molar-refractivity contribution is -0.385. The standard InChI is InChI=1S/C14H18N2O5/c1-4-5-15(8-13(17)18)14(19)11-7-12(16(20)21)10(3)6-9(11)2/h6-7H,4-5,8H2,1-3H3,(H,17,18). The molecule has 0 aliphatic heterocycles. The molecule has 7 nitrogen and oxygen atoms in total. The average molecular weight is 294 g/mol. The summed E-state index contributed by atoms with van der Waals surface area (Å²) in [4.78, 5) is 34.9. The second-order valence-corrected chi connectivity index (χ2v) is 4.83. The quantitative estimate of drug-likeness (QED) is 0.640. The predicted molar refractivity (Wildman–Crippen MR) is 76.4 cm³/mol. The van der Waals surface area contributed by atoms with Crippen molar-refractivity contribution in [1.82, 2.24) is 4.90 Å². The molecule has 7 heteroatoms. The molecule has 0 saturated carbocycles. The molecule has 0 saturated heterocycles. The molecule has 0 aliphatic carbocycles. The van der Waals surface area contributed by atoms with Gasteiger partial charge in [-0.25, -0.2) is 0 Å². The van der Waals surface area contributed by atoms with E-state index in [1.54, 1.807) is 19.9 Å². The Kier molecular flexibility index (Phi) is 5.40. The minimum atomic E-state index is -1.11. The van der Waals surface area contributed by atoms with Crippen LogP contribution in [0.2, 0.25) is 0 Å². The van der Waals surface area contributed by atoms with Crippen LogP contribution in [0.25, 0.3) is 0 Å². The molecule has 1 rings (SSSR count). The number of carboxylic acids is 1. The van der Waals surface area contributed by atoms with Crippen molar-refractivity contribution < 1.29 is 19.6 Å². The molecular formula is C14H18N2O5. The Morgan fingerprint density at radius 1 is 1.29 bits per heavy atom. The zero-order chi connectivity index (χ0) is 16.2. The number of rotatable bonds is 6. The maximum absolute atomic E-state index is 12.4. The summed E-state index contributed by atoms with van der Waals surface area (Å²) >= 11 is 0. The number of carbonyl (C=O) groups is 2. The van der Waals surface area contributed by atoms with Crippen LogP contribution in [0.1, 0.15) is 34.8 Å². The molecule has 114 valence electrons. The van der Waals surface area contributed by atoms with Gasteiger partial charge in [0.1, 0.15) is 6.54 Å². The number of aliphatic carboxylic acids is 1. The topological polar surface area (TPSA) is 101 Å². The molecule has 0 fully saturated rings.